The number of rotatable bonds is 14. The molecule has 3 aromatic rings. The van der Waals surface area contributed by atoms with Crippen molar-refractivity contribution in [1.82, 2.24) is 0 Å². The van der Waals surface area contributed by atoms with Gasteiger partial charge < -0.3 is 18.9 Å². The molecule has 0 aliphatic rings. The summed E-state index contributed by atoms with van der Waals surface area (Å²) < 4.78 is 21.9. The molecule has 6 heteroatoms. The molecule has 3 aromatic carbocycles. The monoisotopic (exact) mass is 514 g/mol. The molecule has 0 aromatic heterocycles. The van der Waals surface area contributed by atoms with Crippen LogP contribution >= 0.6 is 0 Å². The summed E-state index contributed by atoms with van der Waals surface area (Å²) in [5.74, 6) is 0.972. The minimum Gasteiger partial charge on any atom is -0.497 e. The normalized spacial score (nSPS) is 10.7. The Labute approximate surface area is 224 Å². The predicted molar refractivity (Wildman–Crippen MR) is 149 cm³/mol. The fourth-order valence-corrected chi connectivity index (χ4v) is 3.59. The fraction of sp³-hybridized carbons (Fsp3) is 0.250. The van der Waals surface area contributed by atoms with Gasteiger partial charge in [-0.15, -0.1) is 0 Å². The molecule has 0 N–H and O–H groups in total. The molecule has 0 aliphatic carbocycles. The number of hydrogen-bond acceptors (Lipinski definition) is 6. The zero-order valence-electron chi connectivity index (χ0n) is 22.0. The Morgan fingerprint density at radius 2 is 1.53 bits per heavy atom. The van der Waals surface area contributed by atoms with Crippen LogP contribution in [0.25, 0.3) is 17.2 Å². The summed E-state index contributed by atoms with van der Waals surface area (Å²) in [7, 11) is 1.61. The molecule has 0 heterocycles. The summed E-state index contributed by atoms with van der Waals surface area (Å²) in [4.78, 5) is 24.0. The van der Waals surface area contributed by atoms with Crippen molar-refractivity contribution in [3.8, 4) is 28.4 Å². The highest BCUT2D eigenvalue weighted by molar-refractivity contribution is 5.90. The lowest BCUT2D eigenvalue weighted by Gasteiger charge is -2.13. The summed E-state index contributed by atoms with van der Waals surface area (Å²) in [6.07, 6.45) is 6.64. The third kappa shape index (κ3) is 9.28. The first-order chi connectivity index (χ1) is 18.5. The van der Waals surface area contributed by atoms with Gasteiger partial charge in [-0.05, 0) is 74.1 Å². The van der Waals surface area contributed by atoms with E-state index in [2.05, 4.69) is 6.58 Å². The molecule has 0 aliphatic heterocycles. The van der Waals surface area contributed by atoms with Gasteiger partial charge in [0.1, 0.15) is 17.2 Å². The molecular formula is C32H34O6. The van der Waals surface area contributed by atoms with Gasteiger partial charge in [0, 0.05) is 23.3 Å². The first-order valence-electron chi connectivity index (χ1n) is 12.6. The van der Waals surface area contributed by atoms with Crippen LogP contribution in [-0.4, -0.2) is 32.3 Å². The van der Waals surface area contributed by atoms with Gasteiger partial charge in [0.15, 0.2) is 0 Å². The van der Waals surface area contributed by atoms with E-state index in [9.17, 15) is 9.59 Å². The van der Waals surface area contributed by atoms with E-state index in [1.165, 1.54) is 6.08 Å². The fourth-order valence-electron chi connectivity index (χ4n) is 3.59. The molecule has 0 atom stereocenters. The second-order valence-electron chi connectivity index (χ2n) is 8.73. The van der Waals surface area contributed by atoms with E-state index in [-0.39, 0.29) is 5.97 Å². The van der Waals surface area contributed by atoms with Gasteiger partial charge in [-0.25, -0.2) is 9.59 Å². The first kappa shape index (κ1) is 28.3. The van der Waals surface area contributed by atoms with Crippen molar-refractivity contribution >= 4 is 18.0 Å². The molecule has 0 fully saturated rings. The van der Waals surface area contributed by atoms with Crippen molar-refractivity contribution in [3.63, 3.8) is 0 Å². The smallest absolute Gasteiger partial charge is 0.336 e. The van der Waals surface area contributed by atoms with Crippen LogP contribution in [0.3, 0.4) is 0 Å². The molecule has 0 saturated carbocycles. The van der Waals surface area contributed by atoms with E-state index in [0.29, 0.717) is 30.3 Å². The Hall–Kier alpha value is -4.32. The third-order valence-corrected chi connectivity index (χ3v) is 5.67. The standard InChI is InChI=1S/C32H34O6/c1-24(2)32(34)37-22-10-5-4-9-21-36-28-18-19-29(26-11-7-6-8-12-26)30(23-28)38-31(33)20-15-25-13-16-27(35-3)17-14-25/h6-8,11-20,23H,1,4-5,9-10,21-22H2,2-3H3/b20-15+. The molecule has 198 valence electrons. The van der Waals surface area contributed by atoms with Crippen LogP contribution in [0.15, 0.2) is 91.0 Å². The molecule has 0 unspecified atom stereocenters. The van der Waals surface area contributed by atoms with Crippen LogP contribution in [0.5, 0.6) is 17.2 Å². The van der Waals surface area contributed by atoms with Crippen LogP contribution in [0.4, 0.5) is 0 Å². The summed E-state index contributed by atoms with van der Waals surface area (Å²) in [6.45, 7) is 6.13. The van der Waals surface area contributed by atoms with Gasteiger partial charge in [-0.3, -0.25) is 0 Å². The maximum absolute atomic E-state index is 12.7. The van der Waals surface area contributed by atoms with Crippen LogP contribution in [0, 0.1) is 0 Å². The maximum Gasteiger partial charge on any atom is 0.336 e. The van der Waals surface area contributed by atoms with Crippen molar-refractivity contribution < 1.29 is 28.5 Å². The molecular weight excluding hydrogens is 480 g/mol. The minimum atomic E-state index is -0.484. The summed E-state index contributed by atoms with van der Waals surface area (Å²) in [6, 6.07) is 22.7. The summed E-state index contributed by atoms with van der Waals surface area (Å²) >= 11 is 0. The number of carbonyl (C=O) groups is 2. The number of benzene rings is 3. The lowest BCUT2D eigenvalue weighted by atomic mass is 10.0. The van der Waals surface area contributed by atoms with Gasteiger partial charge in [-0.2, -0.15) is 0 Å². The van der Waals surface area contributed by atoms with Crippen molar-refractivity contribution in [1.29, 1.82) is 0 Å². The van der Waals surface area contributed by atoms with Crippen LogP contribution < -0.4 is 14.2 Å². The average Bonchev–Trinajstić information content (AvgIpc) is 2.94. The second-order valence-corrected chi connectivity index (χ2v) is 8.73. The van der Waals surface area contributed by atoms with E-state index in [4.69, 9.17) is 18.9 Å². The zero-order chi connectivity index (χ0) is 27.2. The number of ether oxygens (including phenoxy) is 4. The maximum atomic E-state index is 12.7. The SMILES string of the molecule is C=C(C)C(=O)OCCCCCCOc1ccc(-c2ccccc2)c(OC(=O)/C=C/c2ccc(OC)cc2)c1. The number of esters is 2. The lowest BCUT2D eigenvalue weighted by molar-refractivity contribution is -0.139. The van der Waals surface area contributed by atoms with Gasteiger partial charge >= 0.3 is 11.9 Å². The average molecular weight is 515 g/mol. The molecule has 0 radical (unpaired) electrons. The Balaban J connectivity index is 1.57. The van der Waals surface area contributed by atoms with Gasteiger partial charge in [0.05, 0.1) is 20.3 Å². The van der Waals surface area contributed by atoms with Gasteiger partial charge in [-0.1, -0.05) is 49.0 Å². The molecule has 38 heavy (non-hydrogen) atoms. The van der Waals surface area contributed by atoms with Crippen molar-refractivity contribution in [2.75, 3.05) is 20.3 Å². The van der Waals surface area contributed by atoms with Crippen LogP contribution in [0.2, 0.25) is 0 Å². The minimum absolute atomic E-state index is 0.347. The van der Waals surface area contributed by atoms with Crippen molar-refractivity contribution in [3.05, 3.63) is 96.6 Å². The van der Waals surface area contributed by atoms with Crippen molar-refractivity contribution in [2.24, 2.45) is 0 Å². The largest absolute Gasteiger partial charge is 0.497 e. The molecule has 6 nitrogen and oxygen atoms in total. The number of methoxy groups -OCH3 is 1. The van der Waals surface area contributed by atoms with E-state index >= 15 is 0 Å². The quantitative estimate of drug-likeness (QED) is 0.0994. The zero-order valence-corrected chi connectivity index (χ0v) is 22.0. The summed E-state index contributed by atoms with van der Waals surface area (Å²) in [5.41, 5.74) is 3.01. The second kappa shape index (κ2) is 15.1. The van der Waals surface area contributed by atoms with Crippen molar-refractivity contribution in [2.45, 2.75) is 32.6 Å². The topological polar surface area (TPSA) is 71.1 Å². The van der Waals surface area contributed by atoms with E-state index in [0.717, 1.165) is 48.1 Å². The third-order valence-electron chi connectivity index (χ3n) is 5.67. The number of unbranched alkanes of at least 4 members (excludes halogenated alkanes) is 3. The molecule has 0 spiro atoms. The first-order valence-corrected chi connectivity index (χ1v) is 12.6. The highest BCUT2D eigenvalue weighted by atomic mass is 16.5. The molecule has 0 bridgehead atoms. The summed E-state index contributed by atoms with van der Waals surface area (Å²) in [5, 5.41) is 0. The van der Waals surface area contributed by atoms with Crippen LogP contribution in [-0.2, 0) is 14.3 Å². The Kier molecular flexibility index (Phi) is 11.2. The number of hydrogen-bond donors (Lipinski definition) is 0. The molecule has 0 saturated heterocycles. The van der Waals surface area contributed by atoms with Crippen LogP contribution in [0.1, 0.15) is 38.2 Å². The van der Waals surface area contributed by atoms with Gasteiger partial charge in [0.2, 0.25) is 0 Å². The molecule has 3 rings (SSSR count). The van der Waals surface area contributed by atoms with E-state index in [1.54, 1.807) is 26.2 Å². The highest BCUT2D eigenvalue weighted by Crippen LogP contribution is 2.34. The predicted octanol–water partition coefficient (Wildman–Crippen LogP) is 7.04. The Bertz CT molecular complexity index is 1230. The Morgan fingerprint density at radius 3 is 2.21 bits per heavy atom. The Morgan fingerprint density at radius 1 is 0.842 bits per heavy atom. The highest BCUT2D eigenvalue weighted by Gasteiger charge is 2.12. The van der Waals surface area contributed by atoms with E-state index in [1.807, 2.05) is 66.7 Å². The van der Waals surface area contributed by atoms with E-state index < -0.39 is 5.97 Å². The lowest BCUT2D eigenvalue weighted by Crippen LogP contribution is -2.06. The van der Waals surface area contributed by atoms with Gasteiger partial charge in [0.25, 0.3) is 0 Å². The number of carbonyl (C=O) groups excluding carboxylic acids is 2. The molecule has 0 amide bonds.